The molecule has 0 fully saturated rings. The number of aromatic nitrogens is 5. The van der Waals surface area contributed by atoms with E-state index < -0.39 is 11.0 Å². The van der Waals surface area contributed by atoms with Crippen LogP contribution in [0.3, 0.4) is 0 Å². The Bertz CT molecular complexity index is 1030. The van der Waals surface area contributed by atoms with E-state index in [1.54, 1.807) is 6.92 Å². The van der Waals surface area contributed by atoms with E-state index in [1.807, 2.05) is 53.4 Å². The predicted octanol–water partition coefficient (Wildman–Crippen LogP) is 3.24. The second-order valence-electron chi connectivity index (χ2n) is 5.71. The number of nitrogens with zero attached hydrogens (tertiary/aromatic N) is 6. The third-order valence-corrected chi connectivity index (χ3v) is 4.02. The summed E-state index contributed by atoms with van der Waals surface area (Å²) in [5, 5.41) is 18.8. The number of nitro groups is 1. The monoisotopic (exact) mass is 350 g/mol. The minimum absolute atomic E-state index is 0.0859. The SMILES string of the molecule is C[C@@H](c1nc(-c2ccc(-n3cccc3)cc2)no1)n1cc([N+](=O)[O-])cn1. The first-order valence-electron chi connectivity index (χ1n) is 7.88. The highest BCUT2D eigenvalue weighted by atomic mass is 16.6. The summed E-state index contributed by atoms with van der Waals surface area (Å²) in [6.07, 6.45) is 6.45. The van der Waals surface area contributed by atoms with Crippen molar-refractivity contribution in [1.29, 1.82) is 0 Å². The number of hydrogen-bond acceptors (Lipinski definition) is 6. The Hall–Kier alpha value is -3.75. The third kappa shape index (κ3) is 2.86. The molecule has 0 unspecified atom stereocenters. The lowest BCUT2D eigenvalue weighted by atomic mass is 10.2. The molecule has 0 aliphatic carbocycles. The van der Waals surface area contributed by atoms with Crippen molar-refractivity contribution < 1.29 is 9.45 Å². The molecule has 4 aromatic rings. The van der Waals surface area contributed by atoms with Crippen LogP contribution >= 0.6 is 0 Å². The molecule has 0 spiro atoms. The van der Waals surface area contributed by atoms with Gasteiger partial charge in [0.15, 0.2) is 0 Å². The third-order valence-electron chi connectivity index (χ3n) is 4.02. The standard InChI is InChI=1S/C17H14N6O3/c1-12(22-11-15(10-18-22)23(24)25)17-19-16(20-26-17)13-4-6-14(7-5-13)21-8-2-3-9-21/h2-12H,1H3/t12-/m0/s1. The molecule has 0 saturated heterocycles. The summed E-state index contributed by atoms with van der Waals surface area (Å²) in [6.45, 7) is 1.78. The molecule has 0 bridgehead atoms. The van der Waals surface area contributed by atoms with Crippen molar-refractivity contribution >= 4 is 5.69 Å². The number of hydrogen-bond donors (Lipinski definition) is 0. The summed E-state index contributed by atoms with van der Waals surface area (Å²) in [5.74, 6) is 0.778. The summed E-state index contributed by atoms with van der Waals surface area (Å²) in [5.41, 5.74) is 1.76. The first-order chi connectivity index (χ1) is 12.6. The van der Waals surface area contributed by atoms with Crippen LogP contribution in [0, 0.1) is 10.1 Å². The second-order valence-corrected chi connectivity index (χ2v) is 5.71. The molecule has 0 aliphatic rings. The van der Waals surface area contributed by atoms with Gasteiger partial charge in [-0.3, -0.25) is 14.8 Å². The molecule has 9 heteroatoms. The Kier molecular flexibility index (Phi) is 3.81. The number of benzene rings is 1. The second kappa shape index (κ2) is 6.28. The van der Waals surface area contributed by atoms with Crippen LogP contribution in [0.5, 0.6) is 0 Å². The molecular weight excluding hydrogens is 336 g/mol. The van der Waals surface area contributed by atoms with E-state index in [2.05, 4.69) is 15.2 Å². The topological polar surface area (TPSA) is 105 Å². The van der Waals surface area contributed by atoms with Gasteiger partial charge >= 0.3 is 5.69 Å². The summed E-state index contributed by atoms with van der Waals surface area (Å²) in [4.78, 5) is 14.7. The van der Waals surface area contributed by atoms with Gasteiger partial charge in [-0.1, -0.05) is 5.16 Å². The van der Waals surface area contributed by atoms with E-state index in [1.165, 1.54) is 17.1 Å². The van der Waals surface area contributed by atoms with Crippen LogP contribution in [0.2, 0.25) is 0 Å². The highest BCUT2D eigenvalue weighted by Crippen LogP contribution is 2.23. The van der Waals surface area contributed by atoms with Crippen LogP contribution in [0.4, 0.5) is 5.69 Å². The highest BCUT2D eigenvalue weighted by molar-refractivity contribution is 5.56. The molecule has 1 aromatic carbocycles. The zero-order valence-electron chi connectivity index (χ0n) is 13.8. The molecule has 3 aromatic heterocycles. The highest BCUT2D eigenvalue weighted by Gasteiger charge is 2.20. The van der Waals surface area contributed by atoms with Gasteiger partial charge in [0.2, 0.25) is 5.82 Å². The summed E-state index contributed by atoms with van der Waals surface area (Å²) >= 11 is 0. The lowest BCUT2D eigenvalue weighted by molar-refractivity contribution is -0.385. The molecule has 3 heterocycles. The van der Waals surface area contributed by atoms with Gasteiger partial charge in [0.25, 0.3) is 5.89 Å². The average molecular weight is 350 g/mol. The zero-order valence-corrected chi connectivity index (χ0v) is 13.8. The van der Waals surface area contributed by atoms with E-state index in [0.29, 0.717) is 11.7 Å². The van der Waals surface area contributed by atoms with Gasteiger partial charge < -0.3 is 9.09 Å². The fourth-order valence-electron chi connectivity index (χ4n) is 2.56. The van der Waals surface area contributed by atoms with E-state index in [9.17, 15) is 10.1 Å². The fourth-order valence-corrected chi connectivity index (χ4v) is 2.56. The van der Waals surface area contributed by atoms with Crippen LogP contribution in [-0.2, 0) is 0 Å². The maximum absolute atomic E-state index is 10.8. The molecule has 0 aliphatic heterocycles. The van der Waals surface area contributed by atoms with Gasteiger partial charge in [-0.15, -0.1) is 0 Å². The molecule has 1 atom stereocenters. The largest absolute Gasteiger partial charge is 0.337 e. The zero-order chi connectivity index (χ0) is 18.1. The molecule has 0 radical (unpaired) electrons. The molecule has 9 nitrogen and oxygen atoms in total. The Balaban J connectivity index is 1.56. The Morgan fingerprint density at radius 3 is 2.58 bits per heavy atom. The average Bonchev–Trinajstić information content (AvgIpc) is 3.42. The van der Waals surface area contributed by atoms with E-state index in [-0.39, 0.29) is 5.69 Å². The van der Waals surface area contributed by atoms with Crippen molar-refractivity contribution in [3.05, 3.63) is 77.2 Å². The molecule has 130 valence electrons. The van der Waals surface area contributed by atoms with Crippen molar-refractivity contribution in [2.75, 3.05) is 0 Å². The Morgan fingerprint density at radius 1 is 1.19 bits per heavy atom. The van der Waals surface area contributed by atoms with Crippen LogP contribution in [0.15, 0.2) is 65.7 Å². The molecule has 4 rings (SSSR count). The van der Waals surface area contributed by atoms with E-state index in [4.69, 9.17) is 4.52 Å². The molecule has 0 saturated carbocycles. The van der Waals surface area contributed by atoms with Crippen molar-refractivity contribution in [1.82, 2.24) is 24.5 Å². The maximum Gasteiger partial charge on any atom is 0.307 e. The summed E-state index contributed by atoms with van der Waals surface area (Å²) < 4.78 is 8.73. The van der Waals surface area contributed by atoms with Crippen molar-refractivity contribution in [3.8, 4) is 17.1 Å². The summed E-state index contributed by atoms with van der Waals surface area (Å²) in [6, 6.07) is 11.3. The van der Waals surface area contributed by atoms with E-state index >= 15 is 0 Å². The predicted molar refractivity (Wildman–Crippen MR) is 91.8 cm³/mol. The van der Waals surface area contributed by atoms with Crippen molar-refractivity contribution in [2.24, 2.45) is 0 Å². The van der Waals surface area contributed by atoms with Crippen LogP contribution in [0.1, 0.15) is 18.9 Å². The van der Waals surface area contributed by atoms with Crippen LogP contribution in [-0.4, -0.2) is 29.4 Å². The minimum Gasteiger partial charge on any atom is -0.337 e. The molecule has 26 heavy (non-hydrogen) atoms. The van der Waals surface area contributed by atoms with Gasteiger partial charge in [0, 0.05) is 23.6 Å². The van der Waals surface area contributed by atoms with Crippen molar-refractivity contribution in [2.45, 2.75) is 13.0 Å². The minimum atomic E-state index is -0.498. The molecule has 0 N–H and O–H groups in total. The normalized spacial score (nSPS) is 12.2. The number of rotatable bonds is 5. The van der Waals surface area contributed by atoms with Crippen molar-refractivity contribution in [3.63, 3.8) is 0 Å². The first-order valence-corrected chi connectivity index (χ1v) is 7.88. The Morgan fingerprint density at radius 2 is 1.92 bits per heavy atom. The van der Waals surface area contributed by atoms with Crippen LogP contribution in [0.25, 0.3) is 17.1 Å². The lowest BCUT2D eigenvalue weighted by Gasteiger charge is -2.05. The van der Waals surface area contributed by atoms with Gasteiger partial charge in [-0.2, -0.15) is 10.1 Å². The van der Waals surface area contributed by atoms with Gasteiger partial charge in [0.1, 0.15) is 18.4 Å². The first kappa shape index (κ1) is 15.8. The van der Waals surface area contributed by atoms with Gasteiger partial charge in [-0.25, -0.2) is 0 Å². The summed E-state index contributed by atoms with van der Waals surface area (Å²) in [7, 11) is 0. The maximum atomic E-state index is 10.8. The van der Waals surface area contributed by atoms with Gasteiger partial charge in [0.05, 0.1) is 4.92 Å². The van der Waals surface area contributed by atoms with Crippen LogP contribution < -0.4 is 0 Å². The smallest absolute Gasteiger partial charge is 0.307 e. The Labute approximate surface area is 147 Å². The quantitative estimate of drug-likeness (QED) is 0.404. The van der Waals surface area contributed by atoms with Gasteiger partial charge in [-0.05, 0) is 43.3 Å². The lowest BCUT2D eigenvalue weighted by Crippen LogP contribution is -2.07. The molecule has 0 amide bonds. The molecular formula is C17H14N6O3. The van der Waals surface area contributed by atoms with E-state index in [0.717, 1.165) is 11.3 Å². The fraction of sp³-hybridized carbons (Fsp3) is 0.118.